The van der Waals surface area contributed by atoms with Gasteiger partial charge < -0.3 is 4.90 Å². The number of rotatable bonds is 1. The zero-order valence-electron chi connectivity index (χ0n) is 11.0. The van der Waals surface area contributed by atoms with E-state index in [9.17, 15) is 0 Å². The van der Waals surface area contributed by atoms with Gasteiger partial charge in [0.1, 0.15) is 6.07 Å². The molecule has 1 aromatic rings. The van der Waals surface area contributed by atoms with Gasteiger partial charge in [0.25, 0.3) is 0 Å². The van der Waals surface area contributed by atoms with Crippen LogP contribution in [0.15, 0.2) is 18.2 Å². The topological polar surface area (TPSA) is 27.0 Å². The summed E-state index contributed by atoms with van der Waals surface area (Å²) in [5.41, 5.74) is 2.12. The average Bonchev–Trinajstić information content (AvgIpc) is 2.50. The monoisotopic (exact) mass is 262 g/mol. The zero-order chi connectivity index (χ0) is 13.2. The second-order valence-corrected chi connectivity index (χ2v) is 6.19. The molecule has 0 saturated carbocycles. The number of benzene rings is 1. The Hall–Kier alpha value is -1.20. The van der Waals surface area contributed by atoms with Crippen molar-refractivity contribution in [2.24, 2.45) is 5.41 Å². The van der Waals surface area contributed by atoms with E-state index in [0.29, 0.717) is 16.0 Å². The molecular formula is C15H19ClN2. The predicted molar refractivity (Wildman–Crippen MR) is 76.0 cm³/mol. The first-order valence-electron chi connectivity index (χ1n) is 6.46. The summed E-state index contributed by atoms with van der Waals surface area (Å²) in [6.45, 7) is 6.81. The van der Waals surface area contributed by atoms with Crippen LogP contribution in [0.2, 0.25) is 5.02 Å². The Morgan fingerprint density at radius 1 is 1.28 bits per heavy atom. The minimum atomic E-state index is 0.436. The minimum absolute atomic E-state index is 0.436. The number of hydrogen-bond donors (Lipinski definition) is 0. The number of hydrogen-bond acceptors (Lipinski definition) is 2. The van der Waals surface area contributed by atoms with Crippen molar-refractivity contribution in [3.05, 3.63) is 28.8 Å². The standard InChI is InChI=1S/C15H19ClN2/c1-15(2)6-3-8-18(9-7-15)13-5-4-12(11-17)14(16)10-13/h4-5,10H,3,6-9H2,1-2H3. The number of nitriles is 1. The molecule has 1 heterocycles. The van der Waals surface area contributed by atoms with Gasteiger partial charge in [-0.05, 0) is 42.9 Å². The summed E-state index contributed by atoms with van der Waals surface area (Å²) in [4.78, 5) is 2.38. The van der Waals surface area contributed by atoms with Gasteiger partial charge in [0.2, 0.25) is 0 Å². The quantitative estimate of drug-likeness (QED) is 0.757. The van der Waals surface area contributed by atoms with E-state index in [2.05, 4.69) is 24.8 Å². The van der Waals surface area contributed by atoms with Gasteiger partial charge in [-0.2, -0.15) is 5.26 Å². The van der Waals surface area contributed by atoms with Crippen molar-refractivity contribution in [2.45, 2.75) is 33.1 Å². The zero-order valence-corrected chi connectivity index (χ0v) is 11.8. The largest absolute Gasteiger partial charge is 0.371 e. The van der Waals surface area contributed by atoms with Crippen LogP contribution < -0.4 is 4.90 Å². The third-order valence-corrected chi connectivity index (χ3v) is 4.09. The average molecular weight is 263 g/mol. The molecule has 0 radical (unpaired) electrons. The van der Waals surface area contributed by atoms with Crippen LogP contribution in [-0.2, 0) is 0 Å². The Morgan fingerprint density at radius 3 is 2.72 bits per heavy atom. The van der Waals surface area contributed by atoms with Crippen molar-refractivity contribution in [1.82, 2.24) is 0 Å². The molecule has 0 bridgehead atoms. The van der Waals surface area contributed by atoms with Crippen LogP contribution in [-0.4, -0.2) is 13.1 Å². The van der Waals surface area contributed by atoms with Gasteiger partial charge in [-0.3, -0.25) is 0 Å². The number of anilines is 1. The second kappa shape index (κ2) is 5.20. The van der Waals surface area contributed by atoms with Crippen LogP contribution in [0.5, 0.6) is 0 Å². The second-order valence-electron chi connectivity index (χ2n) is 5.78. The van der Waals surface area contributed by atoms with E-state index in [1.54, 1.807) is 0 Å². The van der Waals surface area contributed by atoms with Crippen LogP contribution in [0.3, 0.4) is 0 Å². The predicted octanol–water partition coefficient (Wildman–Crippen LogP) is 4.23. The van der Waals surface area contributed by atoms with Gasteiger partial charge in [0.15, 0.2) is 0 Å². The van der Waals surface area contributed by atoms with Crippen molar-refractivity contribution in [3.8, 4) is 6.07 Å². The lowest BCUT2D eigenvalue weighted by atomic mass is 9.85. The molecule has 2 rings (SSSR count). The molecule has 0 atom stereocenters. The first-order valence-corrected chi connectivity index (χ1v) is 6.84. The van der Waals surface area contributed by atoms with Crippen molar-refractivity contribution >= 4 is 17.3 Å². The van der Waals surface area contributed by atoms with E-state index in [-0.39, 0.29) is 0 Å². The summed E-state index contributed by atoms with van der Waals surface area (Å²) >= 11 is 6.10. The molecule has 1 aliphatic rings. The lowest BCUT2D eigenvalue weighted by Crippen LogP contribution is -2.24. The fourth-order valence-electron chi connectivity index (χ4n) is 2.47. The van der Waals surface area contributed by atoms with Crippen LogP contribution in [0.4, 0.5) is 5.69 Å². The normalized spacial score (nSPS) is 19.1. The molecule has 0 aliphatic carbocycles. The van der Waals surface area contributed by atoms with E-state index in [1.807, 2.05) is 18.2 Å². The van der Waals surface area contributed by atoms with Gasteiger partial charge in [-0.15, -0.1) is 0 Å². The molecule has 3 heteroatoms. The lowest BCUT2D eigenvalue weighted by Gasteiger charge is -2.25. The van der Waals surface area contributed by atoms with Crippen molar-refractivity contribution in [1.29, 1.82) is 5.26 Å². The smallest absolute Gasteiger partial charge is 0.101 e. The van der Waals surface area contributed by atoms with Gasteiger partial charge in [0, 0.05) is 18.8 Å². The highest BCUT2D eigenvalue weighted by Gasteiger charge is 2.23. The summed E-state index contributed by atoms with van der Waals surface area (Å²) in [5.74, 6) is 0. The molecule has 0 aromatic heterocycles. The highest BCUT2D eigenvalue weighted by molar-refractivity contribution is 6.32. The van der Waals surface area contributed by atoms with E-state index in [1.165, 1.54) is 19.3 Å². The molecule has 96 valence electrons. The fraction of sp³-hybridized carbons (Fsp3) is 0.533. The Kier molecular flexibility index (Phi) is 3.82. The summed E-state index contributed by atoms with van der Waals surface area (Å²) in [5, 5.41) is 9.44. The molecule has 1 aliphatic heterocycles. The maximum Gasteiger partial charge on any atom is 0.101 e. The summed E-state index contributed by atoms with van der Waals surface area (Å²) in [7, 11) is 0. The highest BCUT2D eigenvalue weighted by atomic mass is 35.5. The van der Waals surface area contributed by atoms with Crippen molar-refractivity contribution in [2.75, 3.05) is 18.0 Å². The maximum absolute atomic E-state index is 8.89. The molecule has 2 nitrogen and oxygen atoms in total. The third kappa shape index (κ3) is 2.97. The van der Waals surface area contributed by atoms with E-state index in [4.69, 9.17) is 16.9 Å². The molecule has 0 N–H and O–H groups in total. The van der Waals surface area contributed by atoms with Crippen LogP contribution in [0, 0.1) is 16.7 Å². The maximum atomic E-state index is 8.89. The third-order valence-electron chi connectivity index (χ3n) is 3.78. The van der Waals surface area contributed by atoms with Crippen LogP contribution >= 0.6 is 11.6 Å². The van der Waals surface area contributed by atoms with Crippen LogP contribution in [0.1, 0.15) is 38.7 Å². The molecule has 1 aromatic carbocycles. The Balaban J connectivity index is 2.17. The number of halogens is 1. The SMILES string of the molecule is CC1(C)CCCN(c2ccc(C#N)c(Cl)c2)CC1. The van der Waals surface area contributed by atoms with Crippen molar-refractivity contribution < 1.29 is 0 Å². The Morgan fingerprint density at radius 2 is 2.06 bits per heavy atom. The lowest BCUT2D eigenvalue weighted by molar-refractivity contribution is 0.325. The first kappa shape index (κ1) is 13.2. The molecule has 18 heavy (non-hydrogen) atoms. The summed E-state index contributed by atoms with van der Waals surface area (Å²) in [6, 6.07) is 7.83. The van der Waals surface area contributed by atoms with Crippen LogP contribution in [0.25, 0.3) is 0 Å². The summed E-state index contributed by atoms with van der Waals surface area (Å²) in [6.07, 6.45) is 3.68. The van der Waals surface area contributed by atoms with Gasteiger partial charge in [0.05, 0.1) is 10.6 Å². The number of nitrogens with zero attached hydrogens (tertiary/aromatic N) is 2. The van der Waals surface area contributed by atoms with E-state index in [0.717, 1.165) is 18.8 Å². The van der Waals surface area contributed by atoms with Gasteiger partial charge in [-0.25, -0.2) is 0 Å². The fourth-order valence-corrected chi connectivity index (χ4v) is 2.69. The van der Waals surface area contributed by atoms with Gasteiger partial charge >= 0.3 is 0 Å². The minimum Gasteiger partial charge on any atom is -0.371 e. The molecule has 1 fully saturated rings. The summed E-state index contributed by atoms with van der Waals surface area (Å²) < 4.78 is 0. The Bertz CT molecular complexity index is 474. The molecule has 0 spiro atoms. The Labute approximate surface area is 114 Å². The van der Waals surface area contributed by atoms with E-state index >= 15 is 0 Å². The highest BCUT2D eigenvalue weighted by Crippen LogP contribution is 2.32. The van der Waals surface area contributed by atoms with Gasteiger partial charge in [-0.1, -0.05) is 25.4 Å². The van der Waals surface area contributed by atoms with Crippen molar-refractivity contribution in [3.63, 3.8) is 0 Å². The first-order chi connectivity index (χ1) is 8.52. The molecule has 1 saturated heterocycles. The van der Waals surface area contributed by atoms with E-state index < -0.39 is 0 Å². The molecular weight excluding hydrogens is 244 g/mol. The molecule has 0 amide bonds. The molecule has 0 unspecified atom stereocenters.